The zero-order valence-electron chi connectivity index (χ0n) is 15.3. The van der Waals surface area contributed by atoms with Crippen LogP contribution >= 0.6 is 0 Å². The second kappa shape index (κ2) is 7.57. The van der Waals surface area contributed by atoms with Crippen LogP contribution in [0.15, 0.2) is 24.3 Å². The highest BCUT2D eigenvalue weighted by Gasteiger charge is 2.51. The number of benzene rings is 1. The van der Waals surface area contributed by atoms with Crippen molar-refractivity contribution in [1.82, 2.24) is 0 Å². The first-order valence-corrected chi connectivity index (χ1v) is 8.51. The van der Waals surface area contributed by atoms with Crippen LogP contribution in [0.25, 0.3) is 0 Å². The number of carbonyl (C=O) groups is 1. The highest BCUT2D eigenvalue weighted by atomic mass is 16.7. The van der Waals surface area contributed by atoms with Crippen molar-refractivity contribution >= 4 is 24.2 Å². The quantitative estimate of drug-likeness (QED) is 0.472. The summed E-state index contributed by atoms with van der Waals surface area (Å²) in [5.41, 5.74) is 1.42. The Labute approximate surface area is 145 Å². The average Bonchev–Trinajstić information content (AvgIpc) is 2.75. The SMILES string of the molecule is COC(=O)CCCCNc1ccc(B2OC(C)(C)C(C)(C)O2)cc1. The lowest BCUT2D eigenvalue weighted by Crippen LogP contribution is -2.41. The molecule has 0 aromatic heterocycles. The molecule has 1 aromatic carbocycles. The zero-order chi connectivity index (χ0) is 17.8. The normalized spacial score (nSPS) is 18.5. The maximum absolute atomic E-state index is 11.0. The Bertz CT molecular complexity index is 541. The maximum Gasteiger partial charge on any atom is 0.494 e. The van der Waals surface area contributed by atoms with Crippen LogP contribution in [0.1, 0.15) is 47.0 Å². The standard InChI is InChI=1S/C18H28BNO4/c1-17(2)18(3,4)24-19(23-17)14-9-11-15(12-10-14)20-13-7-6-8-16(21)22-5/h9-12,20H,6-8,13H2,1-5H3. The van der Waals surface area contributed by atoms with Crippen molar-refractivity contribution in [3.63, 3.8) is 0 Å². The molecule has 0 spiro atoms. The van der Waals surface area contributed by atoms with Crippen LogP contribution in [-0.2, 0) is 18.8 Å². The third-order valence-corrected chi connectivity index (χ3v) is 4.80. The molecule has 5 nitrogen and oxygen atoms in total. The van der Waals surface area contributed by atoms with E-state index in [4.69, 9.17) is 9.31 Å². The molecule has 6 heteroatoms. The molecule has 132 valence electrons. The van der Waals surface area contributed by atoms with Gasteiger partial charge >= 0.3 is 13.1 Å². The second-order valence-corrected chi connectivity index (χ2v) is 7.17. The molecule has 24 heavy (non-hydrogen) atoms. The van der Waals surface area contributed by atoms with Crippen molar-refractivity contribution in [1.29, 1.82) is 0 Å². The first-order valence-electron chi connectivity index (χ1n) is 8.51. The Hall–Kier alpha value is -1.53. The Morgan fingerprint density at radius 1 is 1.08 bits per heavy atom. The van der Waals surface area contributed by atoms with Crippen LogP contribution in [-0.4, -0.2) is 37.9 Å². The Morgan fingerprint density at radius 2 is 1.67 bits per heavy atom. The van der Waals surface area contributed by atoms with E-state index in [1.165, 1.54) is 7.11 Å². The zero-order valence-corrected chi connectivity index (χ0v) is 15.3. The molecule has 0 unspecified atom stereocenters. The van der Waals surface area contributed by atoms with Gasteiger partial charge in [0.15, 0.2) is 0 Å². The van der Waals surface area contributed by atoms with Gasteiger partial charge in [0.25, 0.3) is 0 Å². The van der Waals surface area contributed by atoms with Crippen LogP contribution < -0.4 is 10.8 Å². The molecule has 0 atom stereocenters. The van der Waals surface area contributed by atoms with Gasteiger partial charge in [0, 0.05) is 18.7 Å². The van der Waals surface area contributed by atoms with Crippen LogP contribution in [0.5, 0.6) is 0 Å². The molecular formula is C18H28BNO4. The van der Waals surface area contributed by atoms with E-state index in [9.17, 15) is 4.79 Å². The third kappa shape index (κ3) is 4.51. The Morgan fingerprint density at radius 3 is 2.21 bits per heavy atom. The van der Waals surface area contributed by atoms with Gasteiger partial charge in [0.1, 0.15) is 0 Å². The fourth-order valence-electron chi connectivity index (χ4n) is 2.47. The van der Waals surface area contributed by atoms with Crippen LogP contribution in [0, 0.1) is 0 Å². The minimum atomic E-state index is -0.330. The highest BCUT2D eigenvalue weighted by Crippen LogP contribution is 2.36. The molecule has 1 aliphatic heterocycles. The molecule has 2 rings (SSSR count). The topological polar surface area (TPSA) is 56.8 Å². The van der Waals surface area contributed by atoms with Crippen molar-refractivity contribution in [3.05, 3.63) is 24.3 Å². The van der Waals surface area contributed by atoms with Crippen molar-refractivity contribution in [2.45, 2.75) is 58.2 Å². The van der Waals surface area contributed by atoms with Crippen LogP contribution in [0.2, 0.25) is 0 Å². The molecule has 0 amide bonds. The minimum absolute atomic E-state index is 0.151. The van der Waals surface area contributed by atoms with Crippen molar-refractivity contribution in [2.24, 2.45) is 0 Å². The van der Waals surface area contributed by atoms with Gasteiger partial charge in [-0.25, -0.2) is 0 Å². The molecule has 0 bridgehead atoms. The largest absolute Gasteiger partial charge is 0.494 e. The van der Waals surface area contributed by atoms with Gasteiger partial charge in [-0.15, -0.1) is 0 Å². The number of esters is 1. The van der Waals surface area contributed by atoms with E-state index in [0.29, 0.717) is 6.42 Å². The minimum Gasteiger partial charge on any atom is -0.469 e. The summed E-state index contributed by atoms with van der Waals surface area (Å²) in [4.78, 5) is 11.0. The summed E-state index contributed by atoms with van der Waals surface area (Å²) in [7, 11) is 1.09. The molecule has 0 radical (unpaired) electrons. The molecule has 0 aliphatic carbocycles. The summed E-state index contributed by atoms with van der Waals surface area (Å²) in [6.45, 7) is 9.04. The number of nitrogens with one attached hydrogen (secondary N) is 1. The van der Waals surface area contributed by atoms with Gasteiger partial charge in [-0.3, -0.25) is 4.79 Å². The molecule has 1 fully saturated rings. The summed E-state index contributed by atoms with van der Waals surface area (Å²) in [6.07, 6.45) is 2.22. The number of unbranched alkanes of at least 4 members (excludes halogenated alkanes) is 1. The van der Waals surface area contributed by atoms with Gasteiger partial charge in [0.2, 0.25) is 0 Å². The predicted octanol–water partition coefficient (Wildman–Crippen LogP) is 2.74. The fraction of sp³-hybridized carbons (Fsp3) is 0.611. The van der Waals surface area contributed by atoms with E-state index in [1.54, 1.807) is 0 Å². The van der Waals surface area contributed by atoms with E-state index in [1.807, 2.05) is 24.3 Å². The molecule has 0 saturated carbocycles. The van der Waals surface area contributed by atoms with Gasteiger partial charge in [-0.1, -0.05) is 12.1 Å². The number of ether oxygens (including phenoxy) is 1. The summed E-state index contributed by atoms with van der Waals surface area (Å²) in [5, 5.41) is 3.35. The van der Waals surface area contributed by atoms with Crippen LogP contribution in [0.4, 0.5) is 5.69 Å². The molecule has 1 aromatic rings. The number of rotatable bonds is 7. The second-order valence-electron chi connectivity index (χ2n) is 7.17. The number of anilines is 1. The highest BCUT2D eigenvalue weighted by molar-refractivity contribution is 6.62. The number of hydrogen-bond acceptors (Lipinski definition) is 5. The third-order valence-electron chi connectivity index (χ3n) is 4.80. The van der Waals surface area contributed by atoms with E-state index >= 15 is 0 Å². The summed E-state index contributed by atoms with van der Waals surface area (Å²) in [6, 6.07) is 8.11. The van der Waals surface area contributed by atoms with Gasteiger partial charge < -0.3 is 19.4 Å². The summed E-state index contributed by atoms with van der Waals surface area (Å²) >= 11 is 0. The lowest BCUT2D eigenvalue weighted by Gasteiger charge is -2.32. The van der Waals surface area contributed by atoms with Crippen molar-refractivity contribution < 1.29 is 18.8 Å². The smallest absolute Gasteiger partial charge is 0.469 e. The van der Waals surface area contributed by atoms with Gasteiger partial charge in [-0.2, -0.15) is 0 Å². The lowest BCUT2D eigenvalue weighted by atomic mass is 9.79. The number of hydrogen-bond donors (Lipinski definition) is 1. The molecule has 1 aliphatic rings. The number of methoxy groups -OCH3 is 1. The summed E-state index contributed by atoms with van der Waals surface area (Å²) in [5.74, 6) is -0.151. The van der Waals surface area contributed by atoms with Crippen molar-refractivity contribution in [3.8, 4) is 0 Å². The Kier molecular flexibility index (Phi) is 5.94. The Balaban J connectivity index is 1.80. The fourth-order valence-corrected chi connectivity index (χ4v) is 2.47. The van der Waals surface area contributed by atoms with E-state index in [0.717, 1.165) is 30.5 Å². The number of carbonyl (C=O) groups excluding carboxylic acids is 1. The van der Waals surface area contributed by atoms with Gasteiger partial charge in [0.05, 0.1) is 18.3 Å². The molecular weight excluding hydrogens is 305 g/mol. The average molecular weight is 333 g/mol. The van der Waals surface area contributed by atoms with Crippen molar-refractivity contribution in [2.75, 3.05) is 19.0 Å². The van der Waals surface area contributed by atoms with Gasteiger partial charge in [-0.05, 0) is 58.1 Å². The predicted molar refractivity (Wildman–Crippen MR) is 96.5 cm³/mol. The molecule has 1 heterocycles. The van der Waals surface area contributed by atoms with Crippen LogP contribution in [0.3, 0.4) is 0 Å². The van der Waals surface area contributed by atoms with E-state index in [2.05, 4.69) is 37.7 Å². The monoisotopic (exact) mass is 333 g/mol. The molecule has 1 N–H and O–H groups in total. The lowest BCUT2D eigenvalue weighted by molar-refractivity contribution is -0.140. The maximum atomic E-state index is 11.0. The first kappa shape index (κ1) is 18.8. The first-order chi connectivity index (χ1) is 11.2. The summed E-state index contributed by atoms with van der Waals surface area (Å²) < 4.78 is 16.7. The molecule has 1 saturated heterocycles. The van der Waals surface area contributed by atoms with E-state index < -0.39 is 0 Å². The van der Waals surface area contributed by atoms with E-state index in [-0.39, 0.29) is 24.3 Å².